The van der Waals surface area contributed by atoms with E-state index in [4.69, 9.17) is 13.9 Å². The number of benzene rings is 2. The average Bonchev–Trinajstić information content (AvgIpc) is 3.34. The van der Waals surface area contributed by atoms with Crippen LogP contribution in [0.25, 0.3) is 16.7 Å². The van der Waals surface area contributed by atoms with Gasteiger partial charge in [0.05, 0.1) is 29.4 Å². The van der Waals surface area contributed by atoms with Gasteiger partial charge in [-0.3, -0.25) is 4.79 Å². The van der Waals surface area contributed by atoms with Crippen LogP contribution in [0.2, 0.25) is 0 Å². The number of hydrogen-bond acceptors (Lipinski definition) is 6. The second kappa shape index (κ2) is 9.70. The number of aromatic nitrogens is 2. The van der Waals surface area contributed by atoms with Gasteiger partial charge in [-0.25, -0.2) is 9.48 Å². The highest BCUT2D eigenvalue weighted by Gasteiger charge is 2.23. The fourth-order valence-electron chi connectivity index (χ4n) is 3.63. The number of para-hydroxylation sites is 2. The van der Waals surface area contributed by atoms with Crippen LogP contribution >= 0.6 is 0 Å². The van der Waals surface area contributed by atoms with E-state index in [0.29, 0.717) is 29.1 Å². The Bertz CT molecular complexity index is 1290. The number of nitrogens with one attached hydrogen (secondary N) is 1. The molecule has 0 spiro atoms. The Morgan fingerprint density at radius 2 is 1.79 bits per heavy atom. The third-order valence-corrected chi connectivity index (χ3v) is 5.23. The summed E-state index contributed by atoms with van der Waals surface area (Å²) in [5.41, 5.74) is 4.07. The summed E-state index contributed by atoms with van der Waals surface area (Å²) >= 11 is 0. The molecule has 0 radical (unpaired) electrons. The van der Waals surface area contributed by atoms with Crippen LogP contribution in [0.1, 0.15) is 34.4 Å². The number of carbonyl (C=O) groups is 2. The molecule has 4 rings (SSSR count). The molecule has 0 fully saturated rings. The predicted molar refractivity (Wildman–Crippen MR) is 123 cm³/mol. The summed E-state index contributed by atoms with van der Waals surface area (Å²) in [6, 6.07) is 16.9. The zero-order valence-electron chi connectivity index (χ0n) is 18.8. The van der Waals surface area contributed by atoms with Gasteiger partial charge >= 0.3 is 5.97 Å². The number of nitrogens with zero attached hydrogens (tertiary/aromatic N) is 2. The topological polar surface area (TPSA) is 95.6 Å². The van der Waals surface area contributed by atoms with E-state index < -0.39 is 18.5 Å². The number of amides is 1. The molecule has 2 aromatic carbocycles. The lowest BCUT2D eigenvalue weighted by Gasteiger charge is -2.08. The second-order valence-electron chi connectivity index (χ2n) is 7.46. The maximum Gasteiger partial charge on any atom is 0.375 e. The lowest BCUT2D eigenvalue weighted by Crippen LogP contribution is -2.22. The number of esters is 1. The third-order valence-electron chi connectivity index (χ3n) is 5.23. The van der Waals surface area contributed by atoms with E-state index in [1.165, 1.54) is 0 Å². The van der Waals surface area contributed by atoms with Gasteiger partial charge in [0.2, 0.25) is 5.76 Å². The lowest BCUT2D eigenvalue weighted by atomic mass is 10.1. The second-order valence-corrected chi connectivity index (χ2v) is 7.46. The number of anilines is 1. The summed E-state index contributed by atoms with van der Waals surface area (Å²) in [4.78, 5) is 25.3. The van der Waals surface area contributed by atoms with Gasteiger partial charge < -0.3 is 19.2 Å². The molecule has 0 aliphatic rings. The first-order valence-electron chi connectivity index (χ1n) is 10.7. The van der Waals surface area contributed by atoms with Crippen molar-refractivity contribution in [3.8, 4) is 5.69 Å². The van der Waals surface area contributed by atoms with Crippen molar-refractivity contribution in [3.05, 3.63) is 77.3 Å². The largest absolute Gasteiger partial charge is 0.450 e. The van der Waals surface area contributed by atoms with Crippen LogP contribution in [-0.2, 0) is 20.9 Å². The fourth-order valence-corrected chi connectivity index (χ4v) is 3.63. The Labute approximate surface area is 191 Å². The maximum absolute atomic E-state index is 12.7. The zero-order valence-corrected chi connectivity index (χ0v) is 18.8. The number of fused-ring (bicyclic) bond motifs is 1. The standard InChI is InChI=1S/C25H25N3O5/c1-4-31-14-20-19-12-8-9-13-21(19)33-24(20)25(30)32-15-22(29)26-23-16(2)27-28(17(23)3)18-10-6-5-7-11-18/h5-13H,4,14-15H2,1-3H3,(H,26,29). The molecular formula is C25H25N3O5. The molecule has 8 nitrogen and oxygen atoms in total. The minimum Gasteiger partial charge on any atom is -0.450 e. The molecule has 0 bridgehead atoms. The van der Waals surface area contributed by atoms with Gasteiger partial charge in [-0.1, -0.05) is 36.4 Å². The van der Waals surface area contributed by atoms with Gasteiger partial charge in [0, 0.05) is 17.6 Å². The number of rotatable bonds is 8. The Morgan fingerprint density at radius 3 is 2.55 bits per heavy atom. The van der Waals surface area contributed by atoms with Crippen LogP contribution < -0.4 is 5.32 Å². The van der Waals surface area contributed by atoms with Crippen molar-refractivity contribution in [1.29, 1.82) is 0 Å². The molecule has 0 saturated heterocycles. The van der Waals surface area contributed by atoms with Crippen LogP contribution in [-0.4, -0.2) is 34.9 Å². The number of carbonyl (C=O) groups excluding carboxylic acids is 2. The molecular weight excluding hydrogens is 422 g/mol. The Balaban J connectivity index is 1.46. The molecule has 8 heteroatoms. The quantitative estimate of drug-likeness (QED) is 0.398. The SMILES string of the molecule is CCOCc1c(C(=O)OCC(=O)Nc2c(C)nn(-c3ccccc3)c2C)oc2ccccc12. The monoisotopic (exact) mass is 447 g/mol. The molecule has 1 N–H and O–H groups in total. The maximum atomic E-state index is 12.7. The molecule has 1 amide bonds. The highest BCUT2D eigenvalue weighted by molar-refractivity contribution is 5.98. The van der Waals surface area contributed by atoms with Crippen molar-refractivity contribution in [1.82, 2.24) is 9.78 Å². The van der Waals surface area contributed by atoms with Crippen LogP contribution in [0.3, 0.4) is 0 Å². The normalized spacial score (nSPS) is 11.0. The Kier molecular flexibility index (Phi) is 6.55. The molecule has 170 valence electrons. The molecule has 0 atom stereocenters. The van der Waals surface area contributed by atoms with E-state index in [9.17, 15) is 9.59 Å². The van der Waals surface area contributed by atoms with Gasteiger partial charge in [0.25, 0.3) is 5.91 Å². The molecule has 4 aromatic rings. The first-order valence-corrected chi connectivity index (χ1v) is 10.7. The predicted octanol–water partition coefficient (Wildman–Crippen LogP) is 4.57. The van der Waals surface area contributed by atoms with Crippen LogP contribution in [0.4, 0.5) is 5.69 Å². The number of aryl methyl sites for hydroxylation is 1. The third kappa shape index (κ3) is 4.65. The first-order chi connectivity index (χ1) is 16.0. The molecule has 0 saturated carbocycles. The van der Waals surface area contributed by atoms with Crippen molar-refractivity contribution in [3.63, 3.8) is 0 Å². The molecule has 2 heterocycles. The summed E-state index contributed by atoms with van der Waals surface area (Å²) in [6.07, 6.45) is 0. The fraction of sp³-hybridized carbons (Fsp3) is 0.240. The van der Waals surface area contributed by atoms with Crippen LogP contribution in [0.15, 0.2) is 59.0 Å². The van der Waals surface area contributed by atoms with E-state index in [0.717, 1.165) is 16.8 Å². The minimum absolute atomic E-state index is 0.0432. The summed E-state index contributed by atoms with van der Waals surface area (Å²) in [5.74, 6) is -1.14. The number of hydrogen-bond donors (Lipinski definition) is 1. The highest BCUT2D eigenvalue weighted by atomic mass is 16.5. The van der Waals surface area contributed by atoms with E-state index in [-0.39, 0.29) is 12.4 Å². The summed E-state index contributed by atoms with van der Waals surface area (Å²) in [6.45, 7) is 5.78. The van der Waals surface area contributed by atoms with E-state index in [1.807, 2.05) is 69.3 Å². The first kappa shape index (κ1) is 22.3. The van der Waals surface area contributed by atoms with Gasteiger partial charge in [-0.15, -0.1) is 0 Å². The average molecular weight is 447 g/mol. The number of furan rings is 1. The van der Waals surface area contributed by atoms with E-state index >= 15 is 0 Å². The zero-order chi connectivity index (χ0) is 23.4. The van der Waals surface area contributed by atoms with Gasteiger partial charge in [0.1, 0.15) is 5.58 Å². The Morgan fingerprint density at radius 1 is 1.06 bits per heavy atom. The van der Waals surface area contributed by atoms with E-state index in [2.05, 4.69) is 10.4 Å². The number of ether oxygens (including phenoxy) is 2. The Hall–Kier alpha value is -3.91. The molecule has 0 aliphatic carbocycles. The highest BCUT2D eigenvalue weighted by Crippen LogP contribution is 2.27. The van der Waals surface area contributed by atoms with Crippen molar-refractivity contribution in [2.24, 2.45) is 0 Å². The molecule has 0 aliphatic heterocycles. The van der Waals surface area contributed by atoms with Crippen molar-refractivity contribution >= 4 is 28.5 Å². The molecule has 2 aromatic heterocycles. The van der Waals surface area contributed by atoms with E-state index in [1.54, 1.807) is 10.7 Å². The van der Waals surface area contributed by atoms with Gasteiger partial charge in [0.15, 0.2) is 6.61 Å². The van der Waals surface area contributed by atoms with Crippen molar-refractivity contribution < 1.29 is 23.5 Å². The summed E-state index contributed by atoms with van der Waals surface area (Å²) in [5, 5.41) is 8.08. The van der Waals surface area contributed by atoms with Gasteiger partial charge in [-0.2, -0.15) is 5.10 Å². The molecule has 0 unspecified atom stereocenters. The van der Waals surface area contributed by atoms with Crippen LogP contribution in [0.5, 0.6) is 0 Å². The van der Waals surface area contributed by atoms with Crippen molar-refractivity contribution in [2.45, 2.75) is 27.4 Å². The summed E-state index contributed by atoms with van der Waals surface area (Å²) < 4.78 is 18.2. The summed E-state index contributed by atoms with van der Waals surface area (Å²) in [7, 11) is 0. The molecule has 33 heavy (non-hydrogen) atoms. The smallest absolute Gasteiger partial charge is 0.375 e. The van der Waals surface area contributed by atoms with Gasteiger partial charge in [-0.05, 0) is 39.0 Å². The lowest BCUT2D eigenvalue weighted by molar-refractivity contribution is -0.119. The van der Waals surface area contributed by atoms with Crippen LogP contribution in [0, 0.1) is 13.8 Å². The minimum atomic E-state index is -0.718. The van der Waals surface area contributed by atoms with Crippen molar-refractivity contribution in [2.75, 3.05) is 18.5 Å².